The van der Waals surface area contributed by atoms with E-state index in [1.54, 1.807) is 0 Å². The smallest absolute Gasteiger partial charge is 0.244 e. The third-order valence-electron chi connectivity index (χ3n) is 2.86. The Morgan fingerprint density at radius 2 is 2.06 bits per heavy atom. The van der Waals surface area contributed by atoms with Crippen molar-refractivity contribution in [3.05, 3.63) is 12.7 Å². The molecule has 1 N–H and O–H groups in total. The fourth-order valence-corrected chi connectivity index (χ4v) is 1.83. The van der Waals surface area contributed by atoms with Gasteiger partial charge in [-0.05, 0) is 45.0 Å². The molecule has 0 spiro atoms. The van der Waals surface area contributed by atoms with E-state index < -0.39 is 0 Å². The van der Waals surface area contributed by atoms with Crippen LogP contribution in [-0.2, 0) is 4.79 Å². The number of rotatable bonds is 3. The summed E-state index contributed by atoms with van der Waals surface area (Å²) in [6.07, 6.45) is 3.14. The van der Waals surface area contributed by atoms with Gasteiger partial charge >= 0.3 is 0 Å². The average Bonchev–Trinajstić information content (AvgIpc) is 2.39. The lowest BCUT2D eigenvalue weighted by atomic mass is 9.90. The van der Waals surface area contributed by atoms with Crippen LogP contribution in [-0.4, -0.2) is 37.0 Å². The first kappa shape index (κ1) is 15.7. The van der Waals surface area contributed by atoms with Crippen LogP contribution in [0.15, 0.2) is 12.7 Å². The third-order valence-corrected chi connectivity index (χ3v) is 2.86. The monoisotopic (exact) mass is 237 g/mol. The number of hydrogen-bond acceptors (Lipinski definition) is 3. The topological polar surface area (TPSA) is 56.1 Å². The van der Waals surface area contributed by atoms with Gasteiger partial charge in [-0.25, -0.2) is 0 Å². The van der Waals surface area contributed by atoms with Gasteiger partial charge in [0.1, 0.15) is 6.04 Å². The SMILES string of the molecule is C=CC(=O)NC(C#N)C1CCN(C)CC1.CC. The molecule has 0 radical (unpaired) electrons. The number of hydrogen-bond donors (Lipinski definition) is 1. The lowest BCUT2D eigenvalue weighted by Gasteiger charge is -2.31. The minimum atomic E-state index is -0.371. The molecule has 1 unspecified atom stereocenters. The zero-order chi connectivity index (χ0) is 13.3. The maximum absolute atomic E-state index is 11.1. The summed E-state index contributed by atoms with van der Waals surface area (Å²) in [7, 11) is 2.07. The highest BCUT2D eigenvalue weighted by molar-refractivity contribution is 5.87. The zero-order valence-corrected chi connectivity index (χ0v) is 11.1. The second kappa shape index (κ2) is 8.77. The van der Waals surface area contributed by atoms with E-state index in [4.69, 9.17) is 5.26 Å². The number of likely N-dealkylation sites (tertiary alicyclic amines) is 1. The van der Waals surface area contributed by atoms with Gasteiger partial charge in [0.05, 0.1) is 6.07 Å². The number of carbonyl (C=O) groups is 1. The molecule has 0 aliphatic carbocycles. The van der Waals surface area contributed by atoms with E-state index >= 15 is 0 Å². The molecule has 17 heavy (non-hydrogen) atoms. The van der Waals surface area contributed by atoms with Gasteiger partial charge in [0.25, 0.3) is 0 Å². The molecule has 0 saturated carbocycles. The highest BCUT2D eigenvalue weighted by Crippen LogP contribution is 2.19. The summed E-state index contributed by atoms with van der Waals surface area (Å²) < 4.78 is 0. The third kappa shape index (κ3) is 5.50. The number of nitriles is 1. The quantitative estimate of drug-likeness (QED) is 0.758. The molecular weight excluding hydrogens is 214 g/mol. The highest BCUT2D eigenvalue weighted by atomic mass is 16.1. The fraction of sp³-hybridized carbons (Fsp3) is 0.692. The first-order chi connectivity index (χ1) is 8.17. The molecule has 0 aromatic heterocycles. The Bertz CT molecular complexity index is 275. The molecule has 0 bridgehead atoms. The molecule has 1 fully saturated rings. The normalized spacial score (nSPS) is 18.2. The molecule has 1 aliphatic heterocycles. The maximum Gasteiger partial charge on any atom is 0.244 e. The Hall–Kier alpha value is -1.34. The minimum Gasteiger partial charge on any atom is -0.337 e. The van der Waals surface area contributed by atoms with Crippen molar-refractivity contribution in [2.45, 2.75) is 32.7 Å². The van der Waals surface area contributed by atoms with E-state index in [0.717, 1.165) is 25.9 Å². The van der Waals surface area contributed by atoms with Crippen LogP contribution in [0.5, 0.6) is 0 Å². The Kier molecular flexibility index (Phi) is 8.08. The molecule has 1 amide bonds. The van der Waals surface area contributed by atoms with Crippen molar-refractivity contribution < 1.29 is 4.79 Å². The van der Waals surface area contributed by atoms with Crippen molar-refractivity contribution in [2.75, 3.05) is 20.1 Å². The van der Waals surface area contributed by atoms with E-state index in [1.165, 1.54) is 6.08 Å². The molecule has 1 heterocycles. The second-order valence-corrected chi connectivity index (χ2v) is 3.96. The van der Waals surface area contributed by atoms with Gasteiger partial charge in [0.15, 0.2) is 0 Å². The van der Waals surface area contributed by atoms with Crippen molar-refractivity contribution in [3.8, 4) is 6.07 Å². The average molecular weight is 237 g/mol. The fourth-order valence-electron chi connectivity index (χ4n) is 1.83. The van der Waals surface area contributed by atoms with Gasteiger partial charge in [0, 0.05) is 0 Å². The lowest BCUT2D eigenvalue weighted by Crippen LogP contribution is -2.43. The Morgan fingerprint density at radius 1 is 1.53 bits per heavy atom. The highest BCUT2D eigenvalue weighted by Gasteiger charge is 2.25. The van der Waals surface area contributed by atoms with E-state index in [0.29, 0.717) is 0 Å². The molecule has 1 saturated heterocycles. The van der Waals surface area contributed by atoms with Crippen molar-refractivity contribution in [2.24, 2.45) is 5.92 Å². The number of nitrogens with zero attached hydrogens (tertiary/aromatic N) is 2. The van der Waals surface area contributed by atoms with Crippen LogP contribution in [0.1, 0.15) is 26.7 Å². The van der Waals surface area contributed by atoms with Crippen LogP contribution >= 0.6 is 0 Å². The zero-order valence-electron chi connectivity index (χ0n) is 11.1. The predicted molar refractivity (Wildman–Crippen MR) is 69.3 cm³/mol. The maximum atomic E-state index is 11.1. The van der Waals surface area contributed by atoms with E-state index in [1.807, 2.05) is 13.8 Å². The molecule has 1 aliphatic rings. The van der Waals surface area contributed by atoms with Crippen molar-refractivity contribution in [1.29, 1.82) is 5.26 Å². The van der Waals surface area contributed by atoms with Crippen molar-refractivity contribution in [3.63, 3.8) is 0 Å². The van der Waals surface area contributed by atoms with Gasteiger partial charge in [-0.1, -0.05) is 20.4 Å². The number of carbonyl (C=O) groups excluding carboxylic acids is 1. The first-order valence-corrected chi connectivity index (χ1v) is 6.18. The molecule has 4 heteroatoms. The van der Waals surface area contributed by atoms with Crippen LogP contribution in [0.2, 0.25) is 0 Å². The minimum absolute atomic E-state index is 0.263. The summed E-state index contributed by atoms with van der Waals surface area (Å²) >= 11 is 0. The van der Waals surface area contributed by atoms with E-state index in [9.17, 15) is 4.79 Å². The number of nitrogens with one attached hydrogen (secondary N) is 1. The predicted octanol–water partition coefficient (Wildman–Crippen LogP) is 1.55. The molecule has 1 rings (SSSR count). The summed E-state index contributed by atoms with van der Waals surface area (Å²) in [5.74, 6) is 0.00979. The van der Waals surface area contributed by atoms with Gasteiger partial charge in [-0.3, -0.25) is 4.79 Å². The summed E-state index contributed by atoms with van der Waals surface area (Å²) in [5, 5.41) is 11.6. The van der Waals surface area contributed by atoms with E-state index in [-0.39, 0.29) is 17.9 Å². The van der Waals surface area contributed by atoms with Crippen LogP contribution in [0, 0.1) is 17.2 Å². The molecule has 1 atom stereocenters. The summed E-state index contributed by atoms with van der Waals surface area (Å²) in [6, 6.07) is 1.78. The largest absolute Gasteiger partial charge is 0.337 e. The van der Waals surface area contributed by atoms with Crippen molar-refractivity contribution in [1.82, 2.24) is 10.2 Å². The Labute approximate surface area is 104 Å². The second-order valence-electron chi connectivity index (χ2n) is 3.96. The lowest BCUT2D eigenvalue weighted by molar-refractivity contribution is -0.117. The Morgan fingerprint density at radius 3 is 2.47 bits per heavy atom. The number of piperidine rings is 1. The van der Waals surface area contributed by atoms with Crippen LogP contribution < -0.4 is 5.32 Å². The van der Waals surface area contributed by atoms with Crippen LogP contribution in [0.3, 0.4) is 0 Å². The molecule has 0 aromatic rings. The summed E-state index contributed by atoms with van der Waals surface area (Å²) in [4.78, 5) is 13.3. The van der Waals surface area contributed by atoms with Gasteiger partial charge in [0.2, 0.25) is 5.91 Å². The molecule has 4 nitrogen and oxygen atoms in total. The summed E-state index contributed by atoms with van der Waals surface area (Å²) in [6.45, 7) is 9.36. The Balaban J connectivity index is 0.00000121. The standard InChI is InChI=1S/C11H17N3O.C2H6/c1-3-11(15)13-10(8-12)9-4-6-14(2)7-5-9;1-2/h3,9-10H,1,4-7H2,2H3,(H,13,15);1-2H3. The number of amides is 1. The van der Waals surface area contributed by atoms with Gasteiger partial charge in [-0.15, -0.1) is 0 Å². The first-order valence-electron chi connectivity index (χ1n) is 6.18. The molecule has 96 valence electrons. The van der Waals surface area contributed by atoms with Crippen molar-refractivity contribution >= 4 is 5.91 Å². The van der Waals surface area contributed by atoms with Gasteiger partial charge < -0.3 is 10.2 Å². The van der Waals surface area contributed by atoms with E-state index in [2.05, 4.69) is 29.9 Å². The summed E-state index contributed by atoms with van der Waals surface area (Å²) in [5.41, 5.74) is 0. The molecule has 0 aromatic carbocycles. The molecular formula is C13H23N3O. The van der Waals surface area contributed by atoms with Crippen LogP contribution in [0.4, 0.5) is 0 Å². The van der Waals surface area contributed by atoms with Crippen LogP contribution in [0.25, 0.3) is 0 Å². The van der Waals surface area contributed by atoms with Gasteiger partial charge in [-0.2, -0.15) is 5.26 Å².